The summed E-state index contributed by atoms with van der Waals surface area (Å²) in [5.74, 6) is 1.15. The number of allylic oxidation sites excluding steroid dienone is 1. The standard InChI is InChI=1S/C22H29N5O/c23-11-3-1-2-6-21(28)19-9-7-18(8-10-19)15-27(16-20-5-4-12-24-20)17-22-25-13-14-26-22/h4,7-10,12-14H,1-3,5-6,11,15-17,23H2,(H,25,26). The van der Waals surface area contributed by atoms with Crippen LogP contribution in [0.15, 0.2) is 53.9 Å². The molecule has 0 radical (unpaired) electrons. The number of nitrogens with zero attached hydrogens (tertiary/aromatic N) is 3. The predicted molar refractivity (Wildman–Crippen MR) is 112 cm³/mol. The monoisotopic (exact) mass is 379 g/mol. The summed E-state index contributed by atoms with van der Waals surface area (Å²) in [7, 11) is 0. The third-order valence-corrected chi connectivity index (χ3v) is 4.84. The number of H-pyrrole nitrogens is 1. The molecule has 0 saturated carbocycles. The maximum atomic E-state index is 12.3. The van der Waals surface area contributed by atoms with Gasteiger partial charge in [0.05, 0.1) is 6.54 Å². The fourth-order valence-corrected chi connectivity index (χ4v) is 3.33. The zero-order valence-corrected chi connectivity index (χ0v) is 16.3. The van der Waals surface area contributed by atoms with E-state index in [1.807, 2.05) is 24.5 Å². The van der Waals surface area contributed by atoms with Crippen LogP contribution in [-0.4, -0.2) is 39.5 Å². The molecule has 0 amide bonds. The lowest BCUT2D eigenvalue weighted by atomic mass is 10.0. The van der Waals surface area contributed by atoms with Gasteiger partial charge in [0.2, 0.25) is 0 Å². The van der Waals surface area contributed by atoms with Crippen molar-refractivity contribution in [2.24, 2.45) is 10.7 Å². The molecule has 0 aliphatic carbocycles. The molecule has 3 N–H and O–H groups in total. The van der Waals surface area contributed by atoms with Crippen molar-refractivity contribution in [1.29, 1.82) is 0 Å². The van der Waals surface area contributed by atoms with Crippen LogP contribution in [0.4, 0.5) is 0 Å². The van der Waals surface area contributed by atoms with Gasteiger partial charge in [-0.3, -0.25) is 14.7 Å². The zero-order chi connectivity index (χ0) is 19.6. The first-order chi connectivity index (χ1) is 13.7. The van der Waals surface area contributed by atoms with E-state index in [-0.39, 0.29) is 5.78 Å². The number of imidazole rings is 1. The highest BCUT2D eigenvalue weighted by Gasteiger charge is 2.13. The lowest BCUT2D eigenvalue weighted by molar-refractivity contribution is 0.0979. The number of nitrogens with two attached hydrogens (primary N) is 1. The Morgan fingerprint density at radius 1 is 1.11 bits per heavy atom. The summed E-state index contributed by atoms with van der Waals surface area (Å²) >= 11 is 0. The number of Topliss-reactive ketones (excluding diaryl/α,β-unsaturated/α-hetero) is 1. The molecule has 0 saturated heterocycles. The van der Waals surface area contributed by atoms with Gasteiger partial charge < -0.3 is 10.7 Å². The van der Waals surface area contributed by atoms with Crippen LogP contribution in [0.5, 0.6) is 0 Å². The van der Waals surface area contributed by atoms with Gasteiger partial charge in [0.1, 0.15) is 5.82 Å². The molecule has 2 heterocycles. The second kappa shape index (κ2) is 10.7. The summed E-state index contributed by atoms with van der Waals surface area (Å²) in [6.45, 7) is 3.01. The summed E-state index contributed by atoms with van der Waals surface area (Å²) in [6.07, 6.45) is 12.0. The van der Waals surface area contributed by atoms with Gasteiger partial charge in [-0.1, -0.05) is 36.8 Å². The van der Waals surface area contributed by atoms with Crippen molar-refractivity contribution in [2.45, 2.75) is 45.2 Å². The topological polar surface area (TPSA) is 87.4 Å². The van der Waals surface area contributed by atoms with Crippen molar-refractivity contribution in [3.8, 4) is 0 Å². The van der Waals surface area contributed by atoms with E-state index in [9.17, 15) is 4.79 Å². The van der Waals surface area contributed by atoms with Crippen LogP contribution in [0.1, 0.15) is 53.8 Å². The fourth-order valence-electron chi connectivity index (χ4n) is 3.33. The number of ketones is 1. The molecule has 1 aliphatic rings. The third kappa shape index (κ3) is 6.25. The van der Waals surface area contributed by atoms with Gasteiger partial charge in [-0.05, 0) is 24.9 Å². The summed E-state index contributed by atoms with van der Waals surface area (Å²) in [6, 6.07) is 7.99. The number of hydrogen-bond donors (Lipinski definition) is 2. The first-order valence-corrected chi connectivity index (χ1v) is 9.98. The maximum absolute atomic E-state index is 12.3. The molecule has 148 valence electrons. The fraction of sp³-hybridized carbons (Fsp3) is 0.409. The average Bonchev–Trinajstić information content (AvgIpc) is 3.40. The van der Waals surface area contributed by atoms with Crippen LogP contribution in [0.25, 0.3) is 0 Å². The molecule has 3 rings (SSSR count). The number of hydrogen-bond acceptors (Lipinski definition) is 5. The summed E-state index contributed by atoms with van der Waals surface area (Å²) < 4.78 is 0. The zero-order valence-electron chi connectivity index (χ0n) is 16.3. The third-order valence-electron chi connectivity index (χ3n) is 4.84. The predicted octanol–water partition coefficient (Wildman–Crippen LogP) is 3.47. The molecule has 0 bridgehead atoms. The average molecular weight is 380 g/mol. The van der Waals surface area contributed by atoms with Crippen LogP contribution in [-0.2, 0) is 13.1 Å². The second-order valence-corrected chi connectivity index (χ2v) is 7.18. The summed E-state index contributed by atoms with van der Waals surface area (Å²) in [4.78, 5) is 26.6. The first kappa shape index (κ1) is 20.2. The number of carbonyl (C=O) groups is 1. The molecule has 0 atom stereocenters. The molecule has 2 aromatic rings. The van der Waals surface area contributed by atoms with Crippen molar-refractivity contribution in [3.05, 3.63) is 65.9 Å². The van der Waals surface area contributed by atoms with E-state index in [1.54, 1.807) is 6.20 Å². The van der Waals surface area contributed by atoms with Gasteiger partial charge >= 0.3 is 0 Å². The second-order valence-electron chi connectivity index (χ2n) is 7.18. The van der Waals surface area contributed by atoms with Gasteiger partial charge in [0, 0.05) is 55.8 Å². The quantitative estimate of drug-likeness (QED) is 0.437. The molecular weight excluding hydrogens is 350 g/mol. The molecule has 0 spiro atoms. The number of rotatable bonds is 12. The van der Waals surface area contributed by atoms with Gasteiger partial charge in [-0.15, -0.1) is 0 Å². The van der Waals surface area contributed by atoms with Gasteiger partial charge in [-0.25, -0.2) is 4.98 Å². The minimum atomic E-state index is 0.211. The Morgan fingerprint density at radius 2 is 1.96 bits per heavy atom. The highest BCUT2D eigenvalue weighted by atomic mass is 16.1. The SMILES string of the molecule is NCCCCCC(=O)c1ccc(CN(CC2=NC=CC2)Cc2ncc[nH]2)cc1. The van der Waals surface area contributed by atoms with Crippen LogP contribution in [0.3, 0.4) is 0 Å². The number of aromatic amines is 1. The van der Waals surface area contributed by atoms with Gasteiger partial charge in [0.15, 0.2) is 5.78 Å². The Kier molecular flexibility index (Phi) is 7.70. The van der Waals surface area contributed by atoms with Crippen molar-refractivity contribution >= 4 is 11.5 Å². The van der Waals surface area contributed by atoms with E-state index in [0.717, 1.165) is 62.4 Å². The molecule has 0 fully saturated rings. The first-order valence-electron chi connectivity index (χ1n) is 9.98. The van der Waals surface area contributed by atoms with Crippen molar-refractivity contribution < 1.29 is 4.79 Å². The maximum Gasteiger partial charge on any atom is 0.162 e. The van der Waals surface area contributed by atoms with E-state index in [0.29, 0.717) is 13.0 Å². The number of nitrogens with one attached hydrogen (secondary N) is 1. The molecule has 1 aliphatic heterocycles. The summed E-state index contributed by atoms with van der Waals surface area (Å²) in [5, 5.41) is 0. The molecule has 28 heavy (non-hydrogen) atoms. The van der Waals surface area contributed by atoms with Crippen molar-refractivity contribution in [3.63, 3.8) is 0 Å². The Hall–Kier alpha value is -2.57. The molecule has 1 aromatic carbocycles. The minimum Gasteiger partial charge on any atom is -0.348 e. The van der Waals surface area contributed by atoms with Crippen LogP contribution in [0, 0.1) is 0 Å². The van der Waals surface area contributed by atoms with Crippen LogP contribution >= 0.6 is 0 Å². The molecule has 1 aromatic heterocycles. The smallest absolute Gasteiger partial charge is 0.162 e. The number of aromatic nitrogens is 2. The van der Waals surface area contributed by atoms with Crippen LogP contribution in [0.2, 0.25) is 0 Å². The highest BCUT2D eigenvalue weighted by Crippen LogP contribution is 2.14. The number of aliphatic imine (C=N–C) groups is 1. The lowest BCUT2D eigenvalue weighted by Gasteiger charge is -2.21. The molecule has 6 nitrogen and oxygen atoms in total. The van der Waals surface area contributed by atoms with E-state index in [1.165, 1.54) is 5.56 Å². The van der Waals surface area contributed by atoms with E-state index < -0.39 is 0 Å². The Balaban J connectivity index is 1.57. The van der Waals surface area contributed by atoms with Gasteiger partial charge in [0.25, 0.3) is 0 Å². The minimum absolute atomic E-state index is 0.211. The normalized spacial score (nSPS) is 13.3. The summed E-state index contributed by atoms with van der Waals surface area (Å²) in [5.41, 5.74) is 8.63. The molecule has 6 heteroatoms. The largest absolute Gasteiger partial charge is 0.348 e. The lowest BCUT2D eigenvalue weighted by Crippen LogP contribution is -2.29. The molecular formula is C22H29N5O. The van der Waals surface area contributed by atoms with E-state index in [4.69, 9.17) is 5.73 Å². The van der Waals surface area contributed by atoms with Gasteiger partial charge in [-0.2, -0.15) is 0 Å². The highest BCUT2D eigenvalue weighted by molar-refractivity contribution is 5.96. The Morgan fingerprint density at radius 3 is 2.64 bits per heavy atom. The van der Waals surface area contributed by atoms with E-state index in [2.05, 4.69) is 38.1 Å². The Bertz CT molecular complexity index is 793. The number of unbranched alkanes of at least 4 members (excludes halogenated alkanes) is 2. The Labute approximate surface area is 166 Å². The number of benzene rings is 1. The number of carbonyl (C=O) groups excluding carboxylic acids is 1. The molecule has 0 unspecified atom stereocenters. The van der Waals surface area contributed by atoms with Crippen LogP contribution < -0.4 is 5.73 Å². The van der Waals surface area contributed by atoms with Crippen molar-refractivity contribution in [1.82, 2.24) is 14.9 Å². The van der Waals surface area contributed by atoms with Crippen molar-refractivity contribution in [2.75, 3.05) is 13.1 Å². The van der Waals surface area contributed by atoms with E-state index >= 15 is 0 Å².